The fraction of sp³-hybridized carbons (Fsp3) is 0.333. The predicted octanol–water partition coefficient (Wildman–Crippen LogP) is 5.05. The molecule has 2 rings (SSSR count). The SMILES string of the molecule is CC=C(C)C(=O)OCCOc1ccc(Cc2ccc(OCCOC(=O)C(C)=CC)cc2)cc1. The van der Waals surface area contributed by atoms with E-state index >= 15 is 0 Å². The standard InChI is InChI=1S/C27H32O6/c1-5-20(3)26(28)32-17-15-30-24-11-7-22(8-12-24)19-23-9-13-25(14-10-23)31-16-18-33-27(29)21(4)6-2/h5-14H,15-19H2,1-4H3. The van der Waals surface area contributed by atoms with E-state index in [1.165, 1.54) is 0 Å². The quantitative estimate of drug-likeness (QED) is 0.255. The Hall–Kier alpha value is -3.54. The van der Waals surface area contributed by atoms with Crippen LogP contribution < -0.4 is 9.47 Å². The first-order valence-electron chi connectivity index (χ1n) is 11.0. The molecule has 0 heterocycles. The number of carbonyl (C=O) groups is 2. The van der Waals surface area contributed by atoms with Gasteiger partial charge in [0.05, 0.1) is 0 Å². The number of benzene rings is 2. The molecule has 33 heavy (non-hydrogen) atoms. The van der Waals surface area contributed by atoms with Crippen molar-refractivity contribution in [1.29, 1.82) is 0 Å². The van der Waals surface area contributed by atoms with Gasteiger partial charge in [-0.05, 0) is 69.5 Å². The molecule has 0 N–H and O–H groups in total. The lowest BCUT2D eigenvalue weighted by atomic mass is 10.0. The fourth-order valence-electron chi connectivity index (χ4n) is 2.69. The minimum absolute atomic E-state index is 0.206. The highest BCUT2D eigenvalue weighted by molar-refractivity contribution is 5.87. The Bertz CT molecular complexity index is 876. The van der Waals surface area contributed by atoms with Gasteiger partial charge in [-0.15, -0.1) is 0 Å². The van der Waals surface area contributed by atoms with Crippen molar-refractivity contribution in [1.82, 2.24) is 0 Å². The van der Waals surface area contributed by atoms with Gasteiger partial charge in [0, 0.05) is 11.1 Å². The normalized spacial score (nSPS) is 11.6. The van der Waals surface area contributed by atoms with E-state index < -0.39 is 0 Å². The molecule has 0 fully saturated rings. The monoisotopic (exact) mass is 452 g/mol. The van der Waals surface area contributed by atoms with Gasteiger partial charge in [0.25, 0.3) is 0 Å². The molecule has 0 amide bonds. The maximum absolute atomic E-state index is 11.6. The molecule has 0 aliphatic carbocycles. The number of ether oxygens (including phenoxy) is 4. The van der Waals surface area contributed by atoms with Crippen molar-refractivity contribution in [3.63, 3.8) is 0 Å². The van der Waals surface area contributed by atoms with Crippen LogP contribution in [0, 0.1) is 0 Å². The molecule has 0 radical (unpaired) electrons. The topological polar surface area (TPSA) is 71.1 Å². The first-order valence-corrected chi connectivity index (χ1v) is 11.0. The highest BCUT2D eigenvalue weighted by atomic mass is 16.6. The summed E-state index contributed by atoms with van der Waals surface area (Å²) in [4.78, 5) is 23.1. The summed E-state index contributed by atoms with van der Waals surface area (Å²) in [5, 5.41) is 0. The lowest BCUT2D eigenvalue weighted by Gasteiger charge is -2.09. The van der Waals surface area contributed by atoms with Crippen LogP contribution in [0.4, 0.5) is 0 Å². The number of hydrogen-bond acceptors (Lipinski definition) is 6. The second-order valence-electron chi connectivity index (χ2n) is 7.38. The van der Waals surface area contributed by atoms with Crippen molar-refractivity contribution in [2.75, 3.05) is 26.4 Å². The molecule has 2 aromatic carbocycles. The van der Waals surface area contributed by atoms with Gasteiger partial charge in [0.15, 0.2) is 0 Å². The Morgan fingerprint density at radius 3 is 1.33 bits per heavy atom. The van der Waals surface area contributed by atoms with Crippen molar-refractivity contribution in [2.24, 2.45) is 0 Å². The lowest BCUT2D eigenvalue weighted by Crippen LogP contribution is -2.12. The van der Waals surface area contributed by atoms with E-state index in [0.29, 0.717) is 24.4 Å². The third kappa shape index (κ3) is 9.23. The molecular formula is C27H32O6. The molecule has 6 heteroatoms. The Labute approximate surface area is 195 Å². The molecule has 0 aliphatic heterocycles. The Kier molecular flexibility index (Phi) is 10.7. The molecule has 6 nitrogen and oxygen atoms in total. The molecular weight excluding hydrogens is 420 g/mol. The largest absolute Gasteiger partial charge is 0.490 e. The number of hydrogen-bond donors (Lipinski definition) is 0. The zero-order valence-electron chi connectivity index (χ0n) is 19.8. The number of esters is 2. The summed E-state index contributed by atoms with van der Waals surface area (Å²) in [5.41, 5.74) is 3.47. The van der Waals surface area contributed by atoms with Crippen LogP contribution in [0.3, 0.4) is 0 Å². The average molecular weight is 453 g/mol. The summed E-state index contributed by atoms with van der Waals surface area (Å²) in [6.07, 6.45) is 4.21. The van der Waals surface area contributed by atoms with Crippen LogP contribution in [-0.4, -0.2) is 38.4 Å². The molecule has 0 aromatic heterocycles. The summed E-state index contributed by atoms with van der Waals surface area (Å²) < 4.78 is 21.5. The van der Waals surface area contributed by atoms with Crippen molar-refractivity contribution in [2.45, 2.75) is 34.1 Å². The number of carbonyl (C=O) groups excluding carboxylic acids is 2. The van der Waals surface area contributed by atoms with E-state index in [1.54, 1.807) is 39.8 Å². The van der Waals surface area contributed by atoms with Crippen molar-refractivity contribution >= 4 is 11.9 Å². The van der Waals surface area contributed by atoms with Crippen LogP contribution in [0.25, 0.3) is 0 Å². The van der Waals surface area contributed by atoms with Crippen LogP contribution in [-0.2, 0) is 25.5 Å². The minimum atomic E-state index is -0.323. The van der Waals surface area contributed by atoms with Crippen LogP contribution in [0.15, 0.2) is 71.8 Å². The van der Waals surface area contributed by atoms with Gasteiger partial charge in [-0.3, -0.25) is 0 Å². The van der Waals surface area contributed by atoms with E-state index in [-0.39, 0.29) is 25.2 Å². The van der Waals surface area contributed by atoms with Gasteiger partial charge in [-0.2, -0.15) is 0 Å². The van der Waals surface area contributed by atoms with E-state index in [0.717, 1.165) is 29.0 Å². The Morgan fingerprint density at radius 2 is 1.00 bits per heavy atom. The van der Waals surface area contributed by atoms with E-state index in [1.807, 2.05) is 48.5 Å². The third-order valence-electron chi connectivity index (χ3n) is 4.94. The average Bonchev–Trinajstić information content (AvgIpc) is 2.85. The zero-order valence-corrected chi connectivity index (χ0v) is 19.8. The maximum Gasteiger partial charge on any atom is 0.333 e. The van der Waals surface area contributed by atoms with E-state index in [2.05, 4.69) is 0 Å². The molecule has 176 valence electrons. The minimum Gasteiger partial charge on any atom is -0.490 e. The van der Waals surface area contributed by atoms with Crippen molar-refractivity contribution in [3.05, 3.63) is 83.0 Å². The van der Waals surface area contributed by atoms with Gasteiger partial charge in [0.2, 0.25) is 0 Å². The van der Waals surface area contributed by atoms with Gasteiger partial charge < -0.3 is 18.9 Å². The van der Waals surface area contributed by atoms with Crippen LogP contribution in [0.2, 0.25) is 0 Å². The second-order valence-corrected chi connectivity index (χ2v) is 7.38. The summed E-state index contributed by atoms with van der Waals surface area (Å²) in [5.74, 6) is 0.810. The summed E-state index contributed by atoms with van der Waals surface area (Å²) in [6, 6.07) is 15.7. The van der Waals surface area contributed by atoms with Gasteiger partial charge >= 0.3 is 11.9 Å². The molecule has 0 unspecified atom stereocenters. The second kappa shape index (κ2) is 13.8. The zero-order chi connectivity index (χ0) is 24.1. The summed E-state index contributed by atoms with van der Waals surface area (Å²) in [6.45, 7) is 8.05. The Balaban J connectivity index is 1.72. The predicted molar refractivity (Wildman–Crippen MR) is 127 cm³/mol. The molecule has 0 aliphatic rings. The first kappa shape index (κ1) is 25.7. The first-order chi connectivity index (χ1) is 15.9. The molecule has 0 atom stereocenters. The van der Waals surface area contributed by atoms with Crippen molar-refractivity contribution in [3.8, 4) is 11.5 Å². The van der Waals surface area contributed by atoms with Gasteiger partial charge in [-0.1, -0.05) is 36.4 Å². The maximum atomic E-state index is 11.6. The fourth-order valence-corrected chi connectivity index (χ4v) is 2.69. The van der Waals surface area contributed by atoms with E-state index in [4.69, 9.17) is 18.9 Å². The van der Waals surface area contributed by atoms with Crippen LogP contribution in [0.5, 0.6) is 11.5 Å². The Morgan fingerprint density at radius 1 is 0.636 bits per heavy atom. The van der Waals surface area contributed by atoms with Crippen LogP contribution in [0.1, 0.15) is 38.8 Å². The summed E-state index contributed by atoms with van der Waals surface area (Å²) >= 11 is 0. The number of allylic oxidation sites excluding steroid dienone is 2. The van der Waals surface area contributed by atoms with Gasteiger partial charge in [0.1, 0.15) is 37.9 Å². The lowest BCUT2D eigenvalue weighted by molar-refractivity contribution is -0.140. The molecule has 0 saturated carbocycles. The third-order valence-corrected chi connectivity index (χ3v) is 4.94. The molecule has 2 aromatic rings. The molecule has 0 bridgehead atoms. The highest BCUT2D eigenvalue weighted by Crippen LogP contribution is 2.18. The van der Waals surface area contributed by atoms with Crippen molar-refractivity contribution < 1.29 is 28.5 Å². The highest BCUT2D eigenvalue weighted by Gasteiger charge is 2.05. The van der Waals surface area contributed by atoms with Crippen LogP contribution >= 0.6 is 0 Å². The summed E-state index contributed by atoms with van der Waals surface area (Å²) in [7, 11) is 0. The molecule has 0 spiro atoms. The molecule has 0 saturated heterocycles. The van der Waals surface area contributed by atoms with Gasteiger partial charge in [-0.25, -0.2) is 9.59 Å². The number of rotatable bonds is 12. The van der Waals surface area contributed by atoms with E-state index in [9.17, 15) is 9.59 Å². The smallest absolute Gasteiger partial charge is 0.333 e.